The smallest absolute Gasteiger partial charge is 0.493 e. The average Bonchev–Trinajstić information content (AvgIpc) is 3.41. The van der Waals surface area contributed by atoms with Crippen molar-refractivity contribution < 1.29 is 78.4 Å². The van der Waals surface area contributed by atoms with E-state index in [2.05, 4.69) is 14.9 Å². The third-order valence-corrected chi connectivity index (χ3v) is 8.05. The predicted octanol–water partition coefficient (Wildman–Crippen LogP) is 2.92. The van der Waals surface area contributed by atoms with Crippen LogP contribution in [0, 0.1) is 11.5 Å². The van der Waals surface area contributed by atoms with Gasteiger partial charge < -0.3 is 28.6 Å². The summed E-state index contributed by atoms with van der Waals surface area (Å²) in [5.41, 5.74) is 1.63. The Balaban J connectivity index is 0.00000420. The van der Waals surface area contributed by atoms with Gasteiger partial charge in [-0.25, -0.2) is 8.42 Å². The third-order valence-electron chi connectivity index (χ3n) is 5.27. The minimum atomic E-state index is -4.35. The van der Waals surface area contributed by atoms with Crippen LogP contribution in [0.2, 0.25) is 5.02 Å². The van der Waals surface area contributed by atoms with Crippen LogP contribution in [-0.2, 0) is 15.8 Å². The summed E-state index contributed by atoms with van der Waals surface area (Å²) in [5, 5.41) is 17.2. The Bertz CT molecular complexity index is 1590. The van der Waals surface area contributed by atoms with Crippen LogP contribution in [0.5, 0.6) is 17.2 Å². The molecule has 196 valence electrons. The Morgan fingerprint density at radius 1 is 1.00 bits per heavy atom. The van der Waals surface area contributed by atoms with Gasteiger partial charge >= 0.3 is 51.4 Å². The normalized spacial score (nSPS) is 10.7. The Kier molecular flexibility index (Phi) is 11.1. The first kappa shape index (κ1) is 31.2. The number of methoxy groups -OCH3 is 3. The van der Waals surface area contributed by atoms with Gasteiger partial charge in [-0.3, -0.25) is 0 Å². The number of nitrogens with zero attached hydrogens (tertiary/aromatic N) is 4. The number of thioether (sulfide) groups is 1. The number of hydrogen-bond acceptors (Lipinski definition) is 10. The molecular formula is C25H20ClKN4O6S2. The molecule has 1 aromatic heterocycles. The minimum absolute atomic E-state index is 0. The van der Waals surface area contributed by atoms with Crippen LogP contribution >= 0.6 is 23.4 Å². The quantitative estimate of drug-likeness (QED) is 0.150. The van der Waals surface area contributed by atoms with Gasteiger partial charge in [-0.1, -0.05) is 36.0 Å². The molecule has 14 heteroatoms. The molecule has 39 heavy (non-hydrogen) atoms. The zero-order valence-electron chi connectivity index (χ0n) is 21.3. The molecule has 0 spiro atoms. The van der Waals surface area contributed by atoms with Crippen molar-refractivity contribution in [3.05, 3.63) is 69.9 Å². The standard InChI is InChI=1S/C25H20ClN4O6S2.K/c1-33-19-9-15(10-20(34-2)23(19)35-3)13-37-21-12-18(26)17(11-22(21)38(31,32)28-14-27)25-30-29-24(36-25)16-7-5-4-6-8-16;/h4-12H,13H2,1-3H3;/q-1;+1. The van der Waals surface area contributed by atoms with Crippen LogP contribution in [0.4, 0.5) is 0 Å². The van der Waals surface area contributed by atoms with Crippen molar-refractivity contribution in [3.8, 4) is 46.4 Å². The van der Waals surface area contributed by atoms with E-state index in [0.29, 0.717) is 28.6 Å². The van der Waals surface area contributed by atoms with E-state index in [1.165, 1.54) is 51.4 Å². The number of sulfonamides is 1. The Morgan fingerprint density at radius 3 is 2.23 bits per heavy atom. The first-order valence-corrected chi connectivity index (χ1v) is 13.6. The van der Waals surface area contributed by atoms with E-state index < -0.39 is 10.0 Å². The first-order valence-electron chi connectivity index (χ1n) is 10.8. The van der Waals surface area contributed by atoms with E-state index >= 15 is 0 Å². The van der Waals surface area contributed by atoms with E-state index in [1.54, 1.807) is 24.3 Å². The summed E-state index contributed by atoms with van der Waals surface area (Å²) in [6.45, 7) is 0. The van der Waals surface area contributed by atoms with Gasteiger partial charge in [-0.15, -0.1) is 22.0 Å². The van der Waals surface area contributed by atoms with E-state index in [-0.39, 0.29) is 83.5 Å². The van der Waals surface area contributed by atoms with Crippen molar-refractivity contribution in [2.24, 2.45) is 0 Å². The molecule has 0 N–H and O–H groups in total. The van der Waals surface area contributed by atoms with Gasteiger partial charge in [-0.2, -0.15) is 0 Å². The van der Waals surface area contributed by atoms with E-state index in [9.17, 15) is 8.42 Å². The predicted molar refractivity (Wildman–Crippen MR) is 142 cm³/mol. The number of nitriles is 1. The number of hydrogen-bond donors (Lipinski definition) is 0. The maximum absolute atomic E-state index is 12.9. The summed E-state index contributed by atoms with van der Waals surface area (Å²) in [6.07, 6.45) is 1.35. The Hall–Kier alpha value is -2.28. The number of benzene rings is 3. The largest absolute Gasteiger partial charge is 1.00 e. The molecule has 0 saturated heterocycles. The van der Waals surface area contributed by atoms with E-state index in [1.807, 2.05) is 18.2 Å². The van der Waals surface area contributed by atoms with Crippen molar-refractivity contribution in [2.75, 3.05) is 21.3 Å². The van der Waals surface area contributed by atoms with Gasteiger partial charge in [0.1, 0.15) is 0 Å². The molecule has 0 aliphatic rings. The van der Waals surface area contributed by atoms with Crippen LogP contribution < -0.4 is 65.6 Å². The zero-order chi connectivity index (χ0) is 27.3. The summed E-state index contributed by atoms with van der Waals surface area (Å²) in [4.78, 5) is 0.0460. The number of ether oxygens (including phenoxy) is 3. The molecule has 0 aliphatic carbocycles. The van der Waals surface area contributed by atoms with Crippen molar-refractivity contribution in [3.63, 3.8) is 0 Å². The summed E-state index contributed by atoms with van der Waals surface area (Å²) in [5.74, 6) is 1.90. The second-order valence-electron chi connectivity index (χ2n) is 7.55. The fourth-order valence-electron chi connectivity index (χ4n) is 3.53. The molecular weight excluding hydrogens is 591 g/mol. The monoisotopic (exact) mass is 610 g/mol. The third kappa shape index (κ3) is 7.08. The van der Waals surface area contributed by atoms with Crippen LogP contribution in [0.25, 0.3) is 27.6 Å². The minimum Gasteiger partial charge on any atom is -0.493 e. The second-order valence-corrected chi connectivity index (χ2v) is 10.5. The van der Waals surface area contributed by atoms with Gasteiger partial charge in [0.25, 0.3) is 0 Å². The second kappa shape index (κ2) is 13.9. The molecule has 0 bridgehead atoms. The number of aromatic nitrogens is 2. The maximum Gasteiger partial charge on any atom is 1.00 e. The van der Waals surface area contributed by atoms with Crippen LogP contribution in [0.15, 0.2) is 68.8 Å². The summed E-state index contributed by atoms with van der Waals surface area (Å²) in [6, 6.07) is 15.3. The summed E-state index contributed by atoms with van der Waals surface area (Å²) < 4.78 is 50.8. The molecule has 3 aromatic carbocycles. The van der Waals surface area contributed by atoms with Crippen LogP contribution in [0.3, 0.4) is 0 Å². The Labute approximate surface area is 277 Å². The molecule has 0 saturated carbocycles. The van der Waals surface area contributed by atoms with Crippen LogP contribution in [0.1, 0.15) is 5.56 Å². The first-order chi connectivity index (χ1) is 18.3. The maximum atomic E-state index is 12.9. The average molecular weight is 611 g/mol. The van der Waals surface area contributed by atoms with E-state index in [4.69, 9.17) is 35.5 Å². The molecule has 1 heterocycles. The molecule has 0 radical (unpaired) electrons. The van der Waals surface area contributed by atoms with Gasteiger partial charge in [0.05, 0.1) is 36.8 Å². The van der Waals surface area contributed by atoms with Crippen molar-refractivity contribution in [1.29, 1.82) is 5.26 Å². The van der Waals surface area contributed by atoms with Crippen molar-refractivity contribution in [2.45, 2.75) is 15.5 Å². The summed E-state index contributed by atoms with van der Waals surface area (Å²) >= 11 is 7.72. The fourth-order valence-corrected chi connectivity index (χ4v) is 6.00. The Morgan fingerprint density at radius 2 is 1.64 bits per heavy atom. The molecule has 0 fully saturated rings. The van der Waals surface area contributed by atoms with Crippen LogP contribution in [-0.4, -0.2) is 39.9 Å². The molecule has 4 rings (SSSR count). The molecule has 0 amide bonds. The molecule has 10 nitrogen and oxygen atoms in total. The number of halogens is 1. The van der Waals surface area contributed by atoms with Gasteiger partial charge in [0.15, 0.2) is 11.5 Å². The van der Waals surface area contributed by atoms with E-state index in [0.717, 1.165) is 5.56 Å². The van der Waals surface area contributed by atoms with Crippen molar-refractivity contribution in [1.82, 2.24) is 10.2 Å². The molecule has 4 aromatic rings. The fraction of sp³-hybridized carbons (Fsp3) is 0.160. The molecule has 0 unspecified atom stereocenters. The number of rotatable bonds is 10. The van der Waals surface area contributed by atoms with Crippen molar-refractivity contribution >= 4 is 33.4 Å². The topological polar surface area (TPSA) is 139 Å². The zero-order valence-corrected chi connectivity index (χ0v) is 26.8. The molecule has 0 aliphatic heterocycles. The van der Waals surface area contributed by atoms with Gasteiger partial charge in [0, 0.05) is 16.2 Å². The SMILES string of the molecule is COc1cc(CSc2cc(Cl)c(-c3nnc(-c4ccccc4)o3)cc2S(=O)(=O)[N-]C#N)cc(OC)c1OC.[K+]. The molecule has 0 atom stereocenters. The van der Waals surface area contributed by atoms with Gasteiger partial charge in [-0.05, 0) is 42.0 Å². The van der Waals surface area contributed by atoms with Gasteiger partial charge in [0.2, 0.25) is 27.6 Å². The summed E-state index contributed by atoms with van der Waals surface area (Å²) in [7, 11) is 0.154.